The Bertz CT molecular complexity index is 2740. The van der Waals surface area contributed by atoms with Crippen LogP contribution in [0.2, 0.25) is 5.02 Å². The molecule has 5 amide bonds. The van der Waals surface area contributed by atoms with Gasteiger partial charge in [0.15, 0.2) is 0 Å². The molecule has 0 unspecified atom stereocenters. The van der Waals surface area contributed by atoms with E-state index in [1.165, 1.54) is 0 Å². The number of nitrogens with zero attached hydrogens (tertiary/aromatic N) is 3. The van der Waals surface area contributed by atoms with E-state index in [1.807, 2.05) is 85.2 Å². The van der Waals surface area contributed by atoms with Crippen molar-refractivity contribution in [1.29, 1.82) is 5.26 Å². The van der Waals surface area contributed by atoms with Crippen molar-refractivity contribution >= 4 is 52.5 Å². The number of rotatable bonds is 15. The topological polar surface area (TPSA) is 192 Å². The van der Waals surface area contributed by atoms with Gasteiger partial charge in [0.1, 0.15) is 41.5 Å². The van der Waals surface area contributed by atoms with Crippen molar-refractivity contribution in [2.75, 3.05) is 13.1 Å². The van der Waals surface area contributed by atoms with Crippen molar-refractivity contribution in [3.8, 4) is 33.8 Å². The number of nitriles is 1. The highest BCUT2D eigenvalue weighted by Gasteiger charge is 2.64. The quantitative estimate of drug-likeness (QED) is 0.0796. The number of carbonyl (C=O) groups excluding carboxylic acids is 5. The highest BCUT2D eigenvalue weighted by atomic mass is 35.5. The third-order valence-corrected chi connectivity index (χ3v) is 14.3. The molecule has 2 heterocycles. The summed E-state index contributed by atoms with van der Waals surface area (Å²) in [4.78, 5) is 74.3. The second-order valence-corrected chi connectivity index (χ2v) is 21.1. The van der Waals surface area contributed by atoms with Gasteiger partial charge in [-0.05, 0) is 97.0 Å². The molecule has 360 valence electrons. The van der Waals surface area contributed by atoms with E-state index in [-0.39, 0.29) is 42.0 Å². The Labute approximate surface area is 412 Å². The van der Waals surface area contributed by atoms with Crippen molar-refractivity contribution in [2.24, 2.45) is 16.2 Å². The van der Waals surface area contributed by atoms with Gasteiger partial charge in [-0.1, -0.05) is 84.3 Å². The lowest BCUT2D eigenvalue weighted by Crippen LogP contribution is -2.74. The summed E-state index contributed by atoms with van der Waals surface area (Å²) in [6.07, 6.45) is 0.918. The fourth-order valence-electron chi connectivity index (χ4n) is 9.55. The summed E-state index contributed by atoms with van der Waals surface area (Å²) in [5.74, 6) is -0.407. The molecule has 4 N–H and O–H groups in total. The van der Waals surface area contributed by atoms with Crippen LogP contribution in [0.1, 0.15) is 98.8 Å². The molecule has 5 aromatic rings. The third-order valence-electron chi connectivity index (χ3n) is 13.0. The average Bonchev–Trinajstić information content (AvgIpc) is 4.00. The normalized spacial score (nSPS) is 18.4. The van der Waals surface area contributed by atoms with E-state index in [0.29, 0.717) is 59.3 Å². The first kappa shape index (κ1) is 50.1. The van der Waals surface area contributed by atoms with Crippen molar-refractivity contribution in [3.63, 3.8) is 0 Å². The fourth-order valence-corrected chi connectivity index (χ4v) is 10.6. The molecule has 1 aliphatic heterocycles. The molecule has 0 radical (unpaired) electrons. The Hall–Kier alpha value is -6.76. The summed E-state index contributed by atoms with van der Waals surface area (Å²) in [6.45, 7) is 16.0. The van der Waals surface area contributed by atoms with Crippen molar-refractivity contribution in [3.05, 3.63) is 129 Å². The minimum Gasteiger partial charge on any atom is -0.489 e. The number of carbonyl (C=O) groups is 5. The minimum atomic E-state index is -0.949. The smallest absolute Gasteiger partial charge is 0.251 e. The number of halogens is 1. The van der Waals surface area contributed by atoms with E-state index in [4.69, 9.17) is 21.1 Å². The number of amides is 5. The first-order valence-corrected chi connectivity index (χ1v) is 24.1. The van der Waals surface area contributed by atoms with Gasteiger partial charge in [-0.15, -0.1) is 11.3 Å². The summed E-state index contributed by atoms with van der Waals surface area (Å²) in [5, 5.41) is 21.2. The lowest BCUT2D eigenvalue weighted by atomic mass is 9.49. The van der Waals surface area contributed by atoms with Crippen molar-refractivity contribution < 1.29 is 33.4 Å². The van der Waals surface area contributed by atoms with Gasteiger partial charge in [-0.2, -0.15) is 5.26 Å². The molecule has 1 aliphatic carbocycles. The van der Waals surface area contributed by atoms with Crippen LogP contribution in [0.25, 0.3) is 10.4 Å². The number of ether oxygens (including phenoxy) is 2. The predicted molar refractivity (Wildman–Crippen MR) is 265 cm³/mol. The van der Waals surface area contributed by atoms with E-state index < -0.39 is 40.1 Å². The number of nitrogens with one attached hydrogen (secondary N) is 4. The number of likely N-dealkylation sites (tertiary alicyclic amines) is 1. The molecule has 2 aliphatic rings. The molecule has 69 heavy (non-hydrogen) atoms. The summed E-state index contributed by atoms with van der Waals surface area (Å²) in [5.41, 5.74) is 4.34. The molecule has 16 heteroatoms. The zero-order valence-electron chi connectivity index (χ0n) is 40.1. The number of thiazole rings is 1. The molecule has 1 saturated heterocycles. The predicted octanol–water partition coefficient (Wildman–Crippen LogP) is 8.62. The lowest BCUT2D eigenvalue weighted by molar-refractivity contribution is -0.164. The van der Waals surface area contributed by atoms with Crippen LogP contribution in [0.15, 0.2) is 96.5 Å². The third kappa shape index (κ3) is 11.2. The Kier molecular flexibility index (Phi) is 14.9. The number of benzene rings is 4. The number of hydrogen-bond acceptors (Lipinski definition) is 10. The van der Waals surface area contributed by atoms with Gasteiger partial charge in [0, 0.05) is 47.2 Å². The second-order valence-electron chi connectivity index (χ2n) is 19.9. The van der Waals surface area contributed by atoms with Gasteiger partial charge in [-0.3, -0.25) is 24.0 Å². The molecule has 0 spiro atoms. The highest BCUT2D eigenvalue weighted by molar-refractivity contribution is 7.13. The van der Waals surface area contributed by atoms with Gasteiger partial charge in [0.2, 0.25) is 17.7 Å². The van der Waals surface area contributed by atoms with E-state index in [0.717, 1.165) is 21.7 Å². The molecule has 2 atom stereocenters. The maximum absolute atomic E-state index is 14.0. The van der Waals surface area contributed by atoms with Crippen LogP contribution >= 0.6 is 22.9 Å². The number of aromatic nitrogens is 1. The second kappa shape index (κ2) is 20.5. The number of hydrogen-bond donors (Lipinski definition) is 4. The summed E-state index contributed by atoms with van der Waals surface area (Å²) in [6, 6.07) is 26.3. The van der Waals surface area contributed by atoms with Crippen LogP contribution in [-0.2, 0) is 20.9 Å². The summed E-state index contributed by atoms with van der Waals surface area (Å²) < 4.78 is 12.3. The maximum Gasteiger partial charge on any atom is 0.251 e. The van der Waals surface area contributed by atoms with Gasteiger partial charge < -0.3 is 35.6 Å². The van der Waals surface area contributed by atoms with E-state index >= 15 is 0 Å². The monoisotopic (exact) mass is 971 g/mol. The first-order chi connectivity index (χ1) is 32.7. The highest BCUT2D eigenvalue weighted by Crippen LogP contribution is 2.55. The van der Waals surface area contributed by atoms with E-state index in [9.17, 15) is 29.2 Å². The van der Waals surface area contributed by atoms with Crippen LogP contribution in [-0.4, -0.2) is 76.7 Å². The van der Waals surface area contributed by atoms with Gasteiger partial charge >= 0.3 is 0 Å². The minimum absolute atomic E-state index is 0.211. The molecular weight excluding hydrogens is 914 g/mol. The summed E-state index contributed by atoms with van der Waals surface area (Å²) in [7, 11) is 0. The Balaban J connectivity index is 0.867. The molecule has 14 nitrogen and oxygen atoms in total. The lowest BCUT2D eigenvalue weighted by Gasteiger charge is -2.63. The van der Waals surface area contributed by atoms with Crippen molar-refractivity contribution in [2.45, 2.75) is 99.0 Å². The van der Waals surface area contributed by atoms with Gasteiger partial charge in [0.25, 0.3) is 11.8 Å². The Morgan fingerprint density at radius 3 is 2.04 bits per heavy atom. The van der Waals surface area contributed by atoms with Crippen LogP contribution < -0.4 is 30.7 Å². The molecule has 1 aromatic heterocycles. The Morgan fingerprint density at radius 2 is 1.48 bits per heavy atom. The van der Waals surface area contributed by atoms with Gasteiger partial charge in [0.05, 0.1) is 33.2 Å². The molecule has 7 rings (SSSR count). The molecule has 0 bridgehead atoms. The fraction of sp³-hybridized carbons (Fsp3) is 0.377. The molecular formula is C53H58ClN7O7S. The Morgan fingerprint density at radius 1 is 0.870 bits per heavy atom. The first-order valence-electron chi connectivity index (χ1n) is 22.9. The zero-order chi connectivity index (χ0) is 49.8. The standard InChI is InChI=1S/C53H58ClN7O7S/c1-31-43(69-30-58-31)33-13-11-32(12-14-33)28-56-47(65)41-10-9-25-61(41)48(66)44(51(2,3)4)59-42(62)29-57-45(63)34-15-20-37(21-16-34)67-38-22-17-35(18-23-38)46(64)60-49-52(5,6)50(53(49,7)8)68-39-24-19-36(27-55)40(54)26-39/h11-24,26,30,41,44,49-50H,9-10,25,28-29H2,1-8H3,(H,56,65)(H,57,63)(H,59,62)(H,60,64)/t41-,44+,49?,50?/m0/s1. The van der Waals surface area contributed by atoms with Crippen molar-refractivity contribution in [1.82, 2.24) is 31.2 Å². The van der Waals surface area contributed by atoms with Gasteiger partial charge in [-0.25, -0.2) is 4.98 Å². The van der Waals surface area contributed by atoms with Crippen LogP contribution in [0, 0.1) is 34.5 Å². The van der Waals surface area contributed by atoms with E-state index in [1.54, 1.807) is 83.0 Å². The van der Waals surface area contributed by atoms with E-state index in [2.05, 4.69) is 32.3 Å². The largest absolute Gasteiger partial charge is 0.489 e. The number of aryl methyl sites for hydroxylation is 1. The molecule has 2 fully saturated rings. The molecule has 1 saturated carbocycles. The SMILES string of the molecule is Cc1ncsc1-c1ccc(CNC(=O)[C@@H]2CCCN2C(=O)[C@@H](NC(=O)CNC(=O)c2ccc(Oc3ccc(C(=O)NC4C(C)(C)C(Oc5ccc(C#N)c(Cl)c5)C4(C)C)cc3)cc2)C(C)(C)C)cc1. The van der Waals surface area contributed by atoms with Crippen LogP contribution in [0.5, 0.6) is 17.2 Å². The zero-order valence-corrected chi connectivity index (χ0v) is 41.6. The average molecular weight is 973 g/mol. The molecule has 4 aromatic carbocycles. The summed E-state index contributed by atoms with van der Waals surface area (Å²) >= 11 is 7.82. The van der Waals surface area contributed by atoms with Crippen LogP contribution in [0.3, 0.4) is 0 Å². The van der Waals surface area contributed by atoms with Crippen LogP contribution in [0.4, 0.5) is 0 Å². The maximum atomic E-state index is 14.0.